The molecule has 0 spiro atoms. The lowest BCUT2D eigenvalue weighted by Crippen LogP contribution is -2.30. The molecule has 0 atom stereocenters. The summed E-state index contributed by atoms with van der Waals surface area (Å²) in [7, 11) is 0. The van der Waals surface area contributed by atoms with Crippen LogP contribution >= 0.6 is 0 Å². The average Bonchev–Trinajstić information content (AvgIpc) is 2.81. The molecule has 1 aliphatic rings. The highest BCUT2D eigenvalue weighted by atomic mass is 16.5. The Kier molecular flexibility index (Phi) is 3.57. The van der Waals surface area contributed by atoms with Crippen molar-refractivity contribution in [1.82, 2.24) is 0 Å². The van der Waals surface area contributed by atoms with E-state index in [1.807, 2.05) is 0 Å². The predicted molar refractivity (Wildman–Crippen MR) is 81.6 cm³/mol. The molecule has 6 nitrogen and oxygen atoms in total. The van der Waals surface area contributed by atoms with Gasteiger partial charge in [0.05, 0.1) is 16.8 Å². The number of fused-ring (bicyclic) bond motifs is 1. The number of amides is 2. The van der Waals surface area contributed by atoms with Gasteiger partial charge in [-0.05, 0) is 24.3 Å². The summed E-state index contributed by atoms with van der Waals surface area (Å²) in [6.07, 6.45) is 0.0931. The lowest BCUT2D eigenvalue weighted by Gasteiger charge is -2.18. The lowest BCUT2D eigenvalue weighted by atomic mass is 10.1. The SMILES string of the molecule is CCC(=O)Oc1c(O)cccc1N1C(=O)c2ccccc2C1=O. The molecule has 0 saturated carbocycles. The summed E-state index contributed by atoms with van der Waals surface area (Å²) < 4.78 is 5.10. The third kappa shape index (κ3) is 2.34. The van der Waals surface area contributed by atoms with E-state index in [1.54, 1.807) is 31.2 Å². The van der Waals surface area contributed by atoms with Crippen molar-refractivity contribution in [2.45, 2.75) is 13.3 Å². The van der Waals surface area contributed by atoms with Gasteiger partial charge in [0.2, 0.25) is 0 Å². The normalized spacial score (nSPS) is 13.2. The Morgan fingerprint density at radius 1 is 1.04 bits per heavy atom. The zero-order valence-electron chi connectivity index (χ0n) is 12.3. The van der Waals surface area contributed by atoms with Crippen molar-refractivity contribution >= 4 is 23.5 Å². The molecule has 0 aromatic heterocycles. The monoisotopic (exact) mass is 311 g/mol. The number of rotatable bonds is 3. The van der Waals surface area contributed by atoms with Crippen molar-refractivity contribution in [2.24, 2.45) is 0 Å². The Morgan fingerprint density at radius 2 is 1.65 bits per heavy atom. The number of para-hydroxylation sites is 1. The van der Waals surface area contributed by atoms with E-state index in [0.717, 1.165) is 4.90 Å². The van der Waals surface area contributed by atoms with Gasteiger partial charge in [-0.1, -0.05) is 25.1 Å². The predicted octanol–water partition coefficient (Wildman–Crippen LogP) is 2.51. The summed E-state index contributed by atoms with van der Waals surface area (Å²) >= 11 is 0. The van der Waals surface area contributed by atoms with Crippen molar-refractivity contribution in [3.8, 4) is 11.5 Å². The molecule has 0 saturated heterocycles. The number of hydrogen-bond donors (Lipinski definition) is 1. The second-order valence-corrected chi connectivity index (χ2v) is 4.94. The number of aromatic hydroxyl groups is 1. The van der Waals surface area contributed by atoms with Gasteiger partial charge in [-0.25, -0.2) is 4.90 Å². The van der Waals surface area contributed by atoms with Gasteiger partial charge in [0, 0.05) is 6.42 Å². The molecular weight excluding hydrogens is 298 g/mol. The maximum atomic E-state index is 12.5. The first-order chi connectivity index (χ1) is 11.0. The van der Waals surface area contributed by atoms with Gasteiger partial charge in [0.1, 0.15) is 0 Å². The van der Waals surface area contributed by atoms with Crippen LogP contribution in [0.15, 0.2) is 42.5 Å². The minimum absolute atomic E-state index is 0.0398. The van der Waals surface area contributed by atoms with Crippen LogP contribution in [0.5, 0.6) is 11.5 Å². The summed E-state index contributed by atoms with van der Waals surface area (Å²) in [6, 6.07) is 10.7. The molecule has 116 valence electrons. The number of nitrogens with zero attached hydrogens (tertiary/aromatic N) is 1. The van der Waals surface area contributed by atoms with E-state index >= 15 is 0 Å². The van der Waals surface area contributed by atoms with Gasteiger partial charge in [-0.2, -0.15) is 0 Å². The number of carbonyl (C=O) groups is 3. The van der Waals surface area contributed by atoms with E-state index in [9.17, 15) is 19.5 Å². The minimum atomic E-state index is -0.579. The molecule has 1 N–H and O–H groups in total. The van der Waals surface area contributed by atoms with Crippen LogP contribution in [0.4, 0.5) is 5.69 Å². The van der Waals surface area contributed by atoms with Crippen LogP contribution in [0.2, 0.25) is 0 Å². The lowest BCUT2D eigenvalue weighted by molar-refractivity contribution is -0.134. The van der Waals surface area contributed by atoms with Crippen LogP contribution < -0.4 is 9.64 Å². The molecular formula is C17H13NO5. The zero-order chi connectivity index (χ0) is 16.6. The van der Waals surface area contributed by atoms with E-state index in [-0.39, 0.29) is 34.7 Å². The van der Waals surface area contributed by atoms with Crippen LogP contribution in [0.1, 0.15) is 34.1 Å². The molecule has 2 aromatic rings. The molecule has 6 heteroatoms. The van der Waals surface area contributed by atoms with Crippen LogP contribution in [0, 0.1) is 0 Å². The molecule has 3 rings (SSSR count). The Balaban J connectivity index is 2.10. The maximum Gasteiger partial charge on any atom is 0.311 e. The van der Waals surface area contributed by atoms with E-state index in [2.05, 4.69) is 0 Å². The second-order valence-electron chi connectivity index (χ2n) is 4.94. The standard InChI is InChI=1S/C17H13NO5/c1-2-14(20)23-15-12(8-5-9-13(15)19)18-16(21)10-6-3-4-7-11(10)17(18)22/h3-9,19H,2H2,1H3. The highest BCUT2D eigenvalue weighted by molar-refractivity contribution is 6.35. The summed E-state index contributed by atoms with van der Waals surface area (Å²) in [5.41, 5.74) is 0.584. The van der Waals surface area contributed by atoms with Gasteiger partial charge in [0.25, 0.3) is 11.8 Å². The molecule has 1 heterocycles. The average molecular weight is 311 g/mol. The first kappa shape index (κ1) is 14.8. The second kappa shape index (κ2) is 5.57. The summed E-state index contributed by atoms with van der Waals surface area (Å²) in [5, 5.41) is 9.96. The highest BCUT2D eigenvalue weighted by Gasteiger charge is 2.38. The number of carbonyl (C=O) groups excluding carboxylic acids is 3. The smallest absolute Gasteiger partial charge is 0.311 e. The zero-order valence-corrected chi connectivity index (χ0v) is 12.3. The molecule has 2 amide bonds. The topological polar surface area (TPSA) is 83.9 Å². The minimum Gasteiger partial charge on any atom is -0.504 e. The molecule has 0 fully saturated rings. The van der Waals surface area contributed by atoms with Gasteiger partial charge < -0.3 is 9.84 Å². The Morgan fingerprint density at radius 3 is 2.22 bits per heavy atom. The third-order valence-corrected chi connectivity index (χ3v) is 3.51. The fraction of sp³-hybridized carbons (Fsp3) is 0.118. The van der Waals surface area contributed by atoms with Gasteiger partial charge in [-0.15, -0.1) is 0 Å². The number of ether oxygens (including phenoxy) is 1. The quantitative estimate of drug-likeness (QED) is 0.535. The summed E-state index contributed by atoms with van der Waals surface area (Å²) in [6.45, 7) is 1.60. The van der Waals surface area contributed by atoms with Crippen molar-refractivity contribution in [3.05, 3.63) is 53.6 Å². The summed E-state index contributed by atoms with van der Waals surface area (Å²) in [4.78, 5) is 37.5. The molecule has 2 aromatic carbocycles. The number of hydrogen-bond acceptors (Lipinski definition) is 5. The van der Waals surface area contributed by atoms with Crippen molar-refractivity contribution < 1.29 is 24.2 Å². The fourth-order valence-corrected chi connectivity index (χ4v) is 2.39. The van der Waals surface area contributed by atoms with Crippen LogP contribution in [-0.4, -0.2) is 22.9 Å². The number of imide groups is 1. The van der Waals surface area contributed by atoms with Gasteiger partial charge >= 0.3 is 5.97 Å². The van der Waals surface area contributed by atoms with Crippen molar-refractivity contribution in [1.29, 1.82) is 0 Å². The Labute approximate surface area is 131 Å². The van der Waals surface area contributed by atoms with Crippen molar-refractivity contribution in [2.75, 3.05) is 4.90 Å². The molecule has 23 heavy (non-hydrogen) atoms. The molecule has 0 unspecified atom stereocenters. The summed E-state index contributed by atoms with van der Waals surface area (Å²) in [5.74, 6) is -2.14. The molecule has 0 aliphatic carbocycles. The number of benzene rings is 2. The Bertz CT molecular complexity index is 792. The van der Waals surface area contributed by atoms with Crippen molar-refractivity contribution in [3.63, 3.8) is 0 Å². The molecule has 0 bridgehead atoms. The number of phenols is 1. The Hall–Kier alpha value is -3.15. The number of anilines is 1. The third-order valence-electron chi connectivity index (χ3n) is 3.51. The van der Waals surface area contributed by atoms with E-state index in [1.165, 1.54) is 18.2 Å². The van der Waals surface area contributed by atoms with Crippen LogP contribution in [0.25, 0.3) is 0 Å². The van der Waals surface area contributed by atoms with Gasteiger partial charge in [-0.3, -0.25) is 14.4 Å². The highest BCUT2D eigenvalue weighted by Crippen LogP contribution is 2.40. The van der Waals surface area contributed by atoms with E-state index < -0.39 is 17.8 Å². The number of phenolic OH excluding ortho intramolecular Hbond substituents is 1. The number of esters is 1. The van der Waals surface area contributed by atoms with Crippen LogP contribution in [-0.2, 0) is 4.79 Å². The molecule has 1 aliphatic heterocycles. The largest absolute Gasteiger partial charge is 0.504 e. The van der Waals surface area contributed by atoms with E-state index in [4.69, 9.17) is 4.74 Å². The first-order valence-corrected chi connectivity index (χ1v) is 7.05. The molecule has 0 radical (unpaired) electrons. The van der Waals surface area contributed by atoms with Crippen LogP contribution in [0.3, 0.4) is 0 Å². The first-order valence-electron chi connectivity index (χ1n) is 7.05. The fourth-order valence-electron chi connectivity index (χ4n) is 2.39. The van der Waals surface area contributed by atoms with Gasteiger partial charge in [0.15, 0.2) is 11.5 Å². The van der Waals surface area contributed by atoms with E-state index in [0.29, 0.717) is 0 Å². The maximum absolute atomic E-state index is 12.5.